The molecule has 0 saturated heterocycles. The molecule has 0 spiro atoms. The number of rotatable bonds is 8. The quantitative estimate of drug-likeness (QED) is 0.273. The molecule has 1 aromatic heterocycles. The highest BCUT2D eigenvalue weighted by Crippen LogP contribution is 2.39. The fraction of sp³-hybridized carbons (Fsp3) is 0.231. The second kappa shape index (κ2) is 9.94. The van der Waals surface area contributed by atoms with Crippen molar-refractivity contribution in [3.8, 4) is 11.1 Å². The minimum absolute atomic E-state index is 0.0291. The van der Waals surface area contributed by atoms with Crippen LogP contribution in [0, 0.1) is 6.92 Å². The Morgan fingerprint density at radius 2 is 1.83 bits per heavy atom. The first-order chi connectivity index (χ1) is 17.2. The largest absolute Gasteiger partial charge is 0.294 e. The van der Waals surface area contributed by atoms with E-state index < -0.39 is 20.3 Å². The van der Waals surface area contributed by atoms with Gasteiger partial charge < -0.3 is 0 Å². The maximum atomic E-state index is 13.1. The van der Waals surface area contributed by atoms with E-state index in [9.17, 15) is 22.8 Å². The summed E-state index contributed by atoms with van der Waals surface area (Å²) in [4.78, 5) is 42.2. The van der Waals surface area contributed by atoms with Crippen LogP contribution >= 0.6 is 0 Å². The number of ketones is 1. The number of allylic oxidation sites excluding steroid dienone is 1. The van der Waals surface area contributed by atoms with E-state index >= 15 is 0 Å². The van der Waals surface area contributed by atoms with Gasteiger partial charge in [0, 0.05) is 17.7 Å². The molecule has 2 aromatic carbocycles. The number of sulfone groups is 1. The van der Waals surface area contributed by atoms with E-state index in [1.54, 1.807) is 42.8 Å². The Hall–Kier alpha value is -3.98. The van der Waals surface area contributed by atoms with Crippen molar-refractivity contribution in [1.29, 1.82) is 0 Å². The van der Waals surface area contributed by atoms with Gasteiger partial charge in [-0.05, 0) is 44.0 Å². The molecular formula is C26H25N3O6S. The first-order valence-corrected chi connectivity index (χ1v) is 12.9. The number of hydrogen-bond donors (Lipinski definition) is 2. The van der Waals surface area contributed by atoms with Crippen LogP contribution in [-0.4, -0.2) is 36.5 Å². The van der Waals surface area contributed by atoms with Gasteiger partial charge in [0.2, 0.25) is 9.84 Å². The number of fused-ring (bicyclic) bond motifs is 1. The van der Waals surface area contributed by atoms with Crippen molar-refractivity contribution in [2.45, 2.75) is 38.6 Å². The molecule has 0 amide bonds. The zero-order valence-corrected chi connectivity index (χ0v) is 20.9. The van der Waals surface area contributed by atoms with Crippen LogP contribution in [0.5, 0.6) is 0 Å². The zero-order chi connectivity index (χ0) is 26.0. The van der Waals surface area contributed by atoms with Gasteiger partial charge in [0.15, 0.2) is 10.7 Å². The molecule has 9 nitrogen and oxygen atoms in total. The number of carbonyl (C=O) groups excluding carboxylic acids is 2. The van der Waals surface area contributed by atoms with E-state index in [4.69, 9.17) is 4.84 Å². The number of aromatic nitrogens is 2. The minimum Gasteiger partial charge on any atom is -0.294 e. The average Bonchev–Trinajstić information content (AvgIpc) is 3.18. The third-order valence-corrected chi connectivity index (χ3v) is 7.76. The summed E-state index contributed by atoms with van der Waals surface area (Å²) < 4.78 is 27.6. The number of carbonyl (C=O) groups is 1. The number of aryl methyl sites for hydroxylation is 1. The smallest absolute Gasteiger partial charge is 0.272 e. The fourth-order valence-corrected chi connectivity index (χ4v) is 5.75. The number of hydrogen-bond acceptors (Lipinski definition) is 7. The van der Waals surface area contributed by atoms with Gasteiger partial charge in [-0.2, -0.15) is 0 Å². The van der Waals surface area contributed by atoms with E-state index in [1.807, 2.05) is 13.0 Å². The number of hydroxylamine groups is 1. The Morgan fingerprint density at radius 1 is 1.11 bits per heavy atom. The first kappa shape index (κ1) is 25.1. The van der Waals surface area contributed by atoms with Gasteiger partial charge in [0.05, 0.1) is 34.9 Å². The van der Waals surface area contributed by atoms with Gasteiger partial charge in [-0.15, -0.1) is 0 Å². The summed E-state index contributed by atoms with van der Waals surface area (Å²) in [5.41, 5.74) is 5.09. The van der Waals surface area contributed by atoms with E-state index in [1.165, 1.54) is 24.2 Å². The maximum Gasteiger partial charge on any atom is 0.272 e. The third kappa shape index (κ3) is 4.26. The summed E-state index contributed by atoms with van der Waals surface area (Å²) >= 11 is 0. The van der Waals surface area contributed by atoms with Gasteiger partial charge in [-0.1, -0.05) is 36.4 Å². The molecule has 0 atom stereocenters. The van der Waals surface area contributed by atoms with Crippen LogP contribution in [0.1, 0.15) is 41.0 Å². The SMILES string of the molecule is CCONC1=CC(=C=O)S(=O)(=O)c2ccc(-c3c(CC(=O)c4ccccc4)n(CC)[nH]c3=O)c(C)c21. The molecule has 0 saturated carbocycles. The van der Waals surface area contributed by atoms with Crippen molar-refractivity contribution in [2.24, 2.45) is 0 Å². The van der Waals surface area contributed by atoms with Crippen molar-refractivity contribution in [3.63, 3.8) is 0 Å². The Bertz CT molecular complexity index is 1590. The Labute approximate surface area is 208 Å². The molecule has 4 rings (SSSR count). The highest BCUT2D eigenvalue weighted by Gasteiger charge is 2.33. The number of aromatic amines is 1. The molecule has 0 radical (unpaired) electrons. The second-order valence-corrected chi connectivity index (χ2v) is 10.0. The lowest BCUT2D eigenvalue weighted by Crippen LogP contribution is -2.22. The van der Waals surface area contributed by atoms with Crippen molar-refractivity contribution >= 4 is 27.3 Å². The molecule has 0 aliphatic carbocycles. The monoisotopic (exact) mass is 507 g/mol. The molecule has 0 unspecified atom stereocenters. The average molecular weight is 508 g/mol. The predicted octanol–water partition coefficient (Wildman–Crippen LogP) is 2.98. The lowest BCUT2D eigenvalue weighted by atomic mass is 9.93. The molecule has 0 fully saturated rings. The Morgan fingerprint density at radius 3 is 2.47 bits per heavy atom. The molecule has 1 aliphatic rings. The molecular weight excluding hydrogens is 482 g/mol. The molecule has 10 heteroatoms. The van der Waals surface area contributed by atoms with Crippen LogP contribution in [0.2, 0.25) is 0 Å². The minimum atomic E-state index is -4.11. The van der Waals surface area contributed by atoms with Crippen LogP contribution in [0.3, 0.4) is 0 Å². The zero-order valence-electron chi connectivity index (χ0n) is 20.0. The lowest BCUT2D eigenvalue weighted by Gasteiger charge is -2.23. The van der Waals surface area contributed by atoms with Crippen LogP contribution in [0.25, 0.3) is 16.8 Å². The normalized spacial score (nSPS) is 14.1. The fourth-order valence-electron chi connectivity index (χ4n) is 4.35. The molecule has 36 heavy (non-hydrogen) atoms. The van der Waals surface area contributed by atoms with Crippen LogP contribution in [0.4, 0.5) is 0 Å². The van der Waals surface area contributed by atoms with Gasteiger partial charge in [0.1, 0.15) is 5.94 Å². The first-order valence-electron chi connectivity index (χ1n) is 11.4. The van der Waals surface area contributed by atoms with E-state index in [0.29, 0.717) is 28.9 Å². The Kier molecular flexibility index (Phi) is 6.94. The lowest BCUT2D eigenvalue weighted by molar-refractivity contribution is 0.0897. The number of nitrogens with zero attached hydrogens (tertiary/aromatic N) is 1. The molecule has 2 N–H and O–H groups in total. The number of benzene rings is 2. The summed E-state index contributed by atoms with van der Waals surface area (Å²) in [6.07, 6.45) is 1.14. The molecule has 186 valence electrons. The van der Waals surface area contributed by atoms with Gasteiger partial charge in [-0.3, -0.25) is 29.7 Å². The molecule has 2 heterocycles. The van der Waals surface area contributed by atoms with Crippen LogP contribution < -0.4 is 11.0 Å². The molecule has 0 bridgehead atoms. The maximum absolute atomic E-state index is 13.1. The molecule has 1 aliphatic heterocycles. The standard InChI is InChI=1S/C26H25N3O6S/c1-4-29-21(14-22(31)17-9-7-6-8-10-17)25(26(32)27-29)19-11-12-23-24(16(19)3)20(28-35-5-2)13-18(15-30)36(23,33)34/h6-13,28H,4-5,14H2,1-3H3,(H,27,32). The Balaban J connectivity index is 1.93. The summed E-state index contributed by atoms with van der Waals surface area (Å²) in [5, 5.41) is 2.78. The second-order valence-electron chi connectivity index (χ2n) is 8.15. The predicted molar refractivity (Wildman–Crippen MR) is 135 cm³/mol. The summed E-state index contributed by atoms with van der Waals surface area (Å²) in [5.74, 6) is 1.33. The van der Waals surface area contributed by atoms with Gasteiger partial charge >= 0.3 is 0 Å². The van der Waals surface area contributed by atoms with Crippen molar-refractivity contribution < 1.29 is 22.8 Å². The highest BCUT2D eigenvalue weighted by atomic mass is 32.2. The third-order valence-electron chi connectivity index (χ3n) is 6.06. The summed E-state index contributed by atoms with van der Waals surface area (Å²) in [6.45, 7) is 5.99. The van der Waals surface area contributed by atoms with Crippen molar-refractivity contribution in [2.75, 3.05) is 6.61 Å². The number of Topliss-reactive ketones (excluding diaryl/α,β-unsaturated/α-hetero) is 1. The van der Waals surface area contributed by atoms with E-state index in [2.05, 4.69) is 10.6 Å². The van der Waals surface area contributed by atoms with Crippen LogP contribution in [0.15, 0.2) is 63.1 Å². The number of H-pyrrole nitrogens is 1. The van der Waals surface area contributed by atoms with Gasteiger partial charge in [0.25, 0.3) is 5.56 Å². The summed E-state index contributed by atoms with van der Waals surface area (Å²) in [7, 11) is -4.11. The topological polar surface area (TPSA) is 127 Å². The van der Waals surface area contributed by atoms with Crippen molar-refractivity contribution in [3.05, 3.63) is 86.2 Å². The molecule has 3 aromatic rings. The van der Waals surface area contributed by atoms with E-state index in [0.717, 1.165) is 0 Å². The van der Waals surface area contributed by atoms with Gasteiger partial charge in [-0.25, -0.2) is 13.2 Å². The number of nitrogens with one attached hydrogen (secondary N) is 2. The van der Waals surface area contributed by atoms with Crippen molar-refractivity contribution in [1.82, 2.24) is 15.3 Å². The van der Waals surface area contributed by atoms with Crippen LogP contribution in [-0.2, 0) is 32.4 Å². The summed E-state index contributed by atoms with van der Waals surface area (Å²) in [6, 6.07) is 11.7. The highest BCUT2D eigenvalue weighted by molar-refractivity contribution is 7.96. The van der Waals surface area contributed by atoms with E-state index in [-0.39, 0.29) is 40.5 Å².